The molecular formula is C27H29ClN2O3S. The highest BCUT2D eigenvalue weighted by Gasteiger charge is 2.34. The zero-order valence-corrected chi connectivity index (χ0v) is 21.1. The van der Waals surface area contributed by atoms with Crippen molar-refractivity contribution >= 4 is 34.8 Å². The van der Waals surface area contributed by atoms with Crippen molar-refractivity contribution in [3.63, 3.8) is 0 Å². The third-order valence-corrected chi connectivity index (χ3v) is 7.59. The molecule has 1 aromatic heterocycles. The van der Waals surface area contributed by atoms with E-state index in [9.17, 15) is 9.59 Å². The summed E-state index contributed by atoms with van der Waals surface area (Å²) in [5.41, 5.74) is 3.86. The van der Waals surface area contributed by atoms with Crippen LogP contribution in [0.3, 0.4) is 0 Å². The molecule has 0 saturated heterocycles. The highest BCUT2D eigenvalue weighted by molar-refractivity contribution is 7.10. The van der Waals surface area contributed by atoms with Crippen molar-refractivity contribution in [3.05, 3.63) is 92.1 Å². The van der Waals surface area contributed by atoms with Crippen LogP contribution in [0, 0.1) is 6.92 Å². The fourth-order valence-electron chi connectivity index (χ4n) is 4.53. The molecule has 7 heteroatoms. The second-order valence-corrected chi connectivity index (χ2v) is 9.86. The van der Waals surface area contributed by atoms with Crippen molar-refractivity contribution in [3.8, 4) is 0 Å². The summed E-state index contributed by atoms with van der Waals surface area (Å²) < 4.78 is 5.18. The molecule has 2 heterocycles. The predicted molar refractivity (Wildman–Crippen MR) is 137 cm³/mol. The Morgan fingerprint density at radius 3 is 2.65 bits per heavy atom. The van der Waals surface area contributed by atoms with E-state index in [4.69, 9.17) is 16.3 Å². The van der Waals surface area contributed by atoms with E-state index in [-0.39, 0.29) is 24.4 Å². The van der Waals surface area contributed by atoms with Crippen molar-refractivity contribution < 1.29 is 14.3 Å². The normalized spacial score (nSPS) is 15.1. The van der Waals surface area contributed by atoms with Crippen LogP contribution in [0.25, 0.3) is 0 Å². The highest BCUT2D eigenvalue weighted by atomic mass is 35.5. The predicted octanol–water partition coefficient (Wildman–Crippen LogP) is 5.36. The van der Waals surface area contributed by atoms with Gasteiger partial charge in [0.2, 0.25) is 5.91 Å². The summed E-state index contributed by atoms with van der Waals surface area (Å²) in [6.07, 6.45) is 1.46. The van der Waals surface area contributed by atoms with Crippen LogP contribution in [-0.2, 0) is 16.0 Å². The number of carbonyl (C=O) groups is 2. The van der Waals surface area contributed by atoms with E-state index in [1.807, 2.05) is 17.0 Å². The van der Waals surface area contributed by atoms with Crippen molar-refractivity contribution in [2.75, 3.05) is 33.4 Å². The molecule has 2 aromatic carbocycles. The number of benzene rings is 2. The molecule has 1 aliphatic rings. The van der Waals surface area contributed by atoms with Gasteiger partial charge < -0.3 is 14.5 Å². The van der Waals surface area contributed by atoms with Crippen LogP contribution in [0.4, 0.5) is 0 Å². The summed E-state index contributed by atoms with van der Waals surface area (Å²) in [5.74, 6) is -0.307. The van der Waals surface area contributed by atoms with Gasteiger partial charge >= 0.3 is 0 Å². The fourth-order valence-corrected chi connectivity index (χ4v) is 5.65. The summed E-state index contributed by atoms with van der Waals surface area (Å²) in [4.78, 5) is 32.0. The molecule has 1 atom stereocenters. The molecule has 3 aromatic rings. The van der Waals surface area contributed by atoms with Gasteiger partial charge in [0.25, 0.3) is 5.91 Å². The van der Waals surface area contributed by atoms with Crippen molar-refractivity contribution in [2.24, 2.45) is 0 Å². The molecule has 2 amide bonds. The molecule has 0 spiro atoms. The number of thiophene rings is 1. The van der Waals surface area contributed by atoms with Crippen LogP contribution in [0.5, 0.6) is 0 Å². The number of nitrogens with zero attached hydrogens (tertiary/aromatic N) is 2. The van der Waals surface area contributed by atoms with Gasteiger partial charge in [0, 0.05) is 31.7 Å². The van der Waals surface area contributed by atoms with Gasteiger partial charge in [0.1, 0.15) is 6.54 Å². The maximum absolute atomic E-state index is 13.8. The van der Waals surface area contributed by atoms with Crippen LogP contribution in [0.2, 0.25) is 5.02 Å². The third kappa shape index (κ3) is 5.19. The number of rotatable bonds is 8. The maximum Gasteiger partial charge on any atom is 0.255 e. The molecule has 34 heavy (non-hydrogen) atoms. The number of halogens is 1. The first-order valence-electron chi connectivity index (χ1n) is 11.4. The quantitative estimate of drug-likeness (QED) is 0.394. The molecule has 0 bridgehead atoms. The van der Waals surface area contributed by atoms with Gasteiger partial charge in [-0.3, -0.25) is 9.59 Å². The first kappa shape index (κ1) is 24.5. The van der Waals surface area contributed by atoms with Gasteiger partial charge in [-0.15, -0.1) is 11.3 Å². The number of aryl methyl sites for hydroxylation is 1. The van der Waals surface area contributed by atoms with E-state index < -0.39 is 0 Å². The van der Waals surface area contributed by atoms with Gasteiger partial charge in [0.05, 0.1) is 16.6 Å². The van der Waals surface area contributed by atoms with Gasteiger partial charge in [-0.25, -0.2) is 0 Å². The second kappa shape index (κ2) is 11.2. The van der Waals surface area contributed by atoms with Gasteiger partial charge in [-0.1, -0.05) is 48.0 Å². The monoisotopic (exact) mass is 496 g/mol. The second-order valence-electron chi connectivity index (χ2n) is 8.45. The first-order chi connectivity index (χ1) is 16.5. The molecular weight excluding hydrogens is 468 g/mol. The zero-order chi connectivity index (χ0) is 24.1. The number of methoxy groups -OCH3 is 1. The van der Waals surface area contributed by atoms with Gasteiger partial charge in [0.15, 0.2) is 0 Å². The van der Waals surface area contributed by atoms with E-state index in [0.29, 0.717) is 36.7 Å². The lowest BCUT2D eigenvalue weighted by molar-refractivity contribution is -0.134. The average molecular weight is 497 g/mol. The van der Waals surface area contributed by atoms with Crippen molar-refractivity contribution in [1.82, 2.24) is 9.80 Å². The third-order valence-electron chi connectivity index (χ3n) is 6.26. The van der Waals surface area contributed by atoms with Crippen LogP contribution in [-0.4, -0.2) is 55.0 Å². The summed E-state index contributed by atoms with van der Waals surface area (Å²) in [5, 5.41) is 2.48. The number of ether oxygens (including phenoxy) is 1. The van der Waals surface area contributed by atoms with Crippen LogP contribution < -0.4 is 0 Å². The topological polar surface area (TPSA) is 49.9 Å². The summed E-state index contributed by atoms with van der Waals surface area (Å²) in [6.45, 7) is 3.62. The SMILES string of the molecule is COCCCN(CC(=O)N1CCc2sccc2C1c1ccccc1C)C(=O)c1ccccc1Cl. The summed E-state index contributed by atoms with van der Waals surface area (Å²) >= 11 is 8.05. The van der Waals surface area contributed by atoms with Gasteiger partial charge in [-0.2, -0.15) is 0 Å². The molecule has 0 radical (unpaired) electrons. The van der Waals surface area contributed by atoms with E-state index in [1.54, 1.807) is 47.6 Å². The van der Waals surface area contributed by atoms with E-state index >= 15 is 0 Å². The van der Waals surface area contributed by atoms with Crippen molar-refractivity contribution in [1.29, 1.82) is 0 Å². The lowest BCUT2D eigenvalue weighted by Crippen LogP contribution is -2.47. The average Bonchev–Trinajstić information content (AvgIpc) is 3.32. The molecule has 1 unspecified atom stereocenters. The number of fused-ring (bicyclic) bond motifs is 1. The molecule has 1 aliphatic heterocycles. The smallest absolute Gasteiger partial charge is 0.255 e. The molecule has 178 valence electrons. The van der Waals surface area contributed by atoms with E-state index in [1.165, 1.54) is 10.4 Å². The molecule has 0 fully saturated rings. The largest absolute Gasteiger partial charge is 0.385 e. The number of carbonyl (C=O) groups excluding carboxylic acids is 2. The Kier molecular flexibility index (Phi) is 8.03. The Hall–Kier alpha value is -2.67. The summed E-state index contributed by atoms with van der Waals surface area (Å²) in [7, 11) is 1.63. The Labute approximate surface area is 209 Å². The van der Waals surface area contributed by atoms with Crippen molar-refractivity contribution in [2.45, 2.75) is 25.8 Å². The minimum atomic E-state index is -0.240. The van der Waals surface area contributed by atoms with Crippen LogP contribution >= 0.6 is 22.9 Å². The standard InChI is InChI=1S/C27H29ClN2O3S/c1-19-8-3-4-9-20(19)26-22-13-17-34-24(22)12-15-30(26)25(31)18-29(14-7-16-33-2)27(32)21-10-5-6-11-23(21)28/h3-6,8-11,13,17,26H,7,12,14-16,18H2,1-2H3. The number of amides is 2. The molecule has 4 rings (SSSR count). The molecule has 0 N–H and O–H groups in total. The van der Waals surface area contributed by atoms with Crippen LogP contribution in [0.1, 0.15) is 44.4 Å². The molecule has 0 saturated carbocycles. The Balaban J connectivity index is 1.62. The molecule has 5 nitrogen and oxygen atoms in total. The fraction of sp³-hybridized carbons (Fsp3) is 0.333. The van der Waals surface area contributed by atoms with E-state index in [0.717, 1.165) is 17.5 Å². The maximum atomic E-state index is 13.8. The minimum absolute atomic E-state index is 0.00434. The van der Waals surface area contributed by atoms with Crippen LogP contribution in [0.15, 0.2) is 60.0 Å². The molecule has 0 aliphatic carbocycles. The van der Waals surface area contributed by atoms with E-state index in [2.05, 4.69) is 30.5 Å². The Bertz CT molecular complexity index is 1160. The Morgan fingerprint density at radius 1 is 1.12 bits per heavy atom. The number of hydrogen-bond acceptors (Lipinski definition) is 4. The Morgan fingerprint density at radius 2 is 1.88 bits per heavy atom. The first-order valence-corrected chi connectivity index (χ1v) is 12.7. The van der Waals surface area contributed by atoms with Gasteiger partial charge in [-0.05, 0) is 60.0 Å². The lowest BCUT2D eigenvalue weighted by atomic mass is 9.90. The number of hydrogen-bond donors (Lipinski definition) is 0. The summed E-state index contributed by atoms with van der Waals surface area (Å²) in [6, 6.07) is 17.2. The highest BCUT2D eigenvalue weighted by Crippen LogP contribution is 2.39. The minimum Gasteiger partial charge on any atom is -0.385 e. The zero-order valence-electron chi connectivity index (χ0n) is 19.5. The lowest BCUT2D eigenvalue weighted by Gasteiger charge is -2.38.